The molecule has 1 unspecified atom stereocenters. The SMILES string of the molecule is c1cc2c3c(ccnc3c1)OPO2. The number of hydrogen-bond acceptors (Lipinski definition) is 3. The van der Waals surface area contributed by atoms with Gasteiger partial charge in [-0.15, -0.1) is 0 Å². The van der Waals surface area contributed by atoms with Crippen LogP contribution in [0.15, 0.2) is 30.5 Å². The van der Waals surface area contributed by atoms with Crippen molar-refractivity contribution in [2.45, 2.75) is 0 Å². The number of pyridine rings is 1. The van der Waals surface area contributed by atoms with Gasteiger partial charge in [-0.1, -0.05) is 6.07 Å². The highest BCUT2D eigenvalue weighted by molar-refractivity contribution is 7.27. The zero-order valence-corrected chi connectivity index (χ0v) is 7.65. The molecule has 13 heavy (non-hydrogen) atoms. The monoisotopic (exact) mass is 191 g/mol. The molecule has 0 aliphatic carbocycles. The molecule has 64 valence electrons. The van der Waals surface area contributed by atoms with Crippen LogP contribution in [-0.4, -0.2) is 4.98 Å². The molecule has 0 amide bonds. The Labute approximate surface area is 76.6 Å². The van der Waals surface area contributed by atoms with E-state index in [1.165, 1.54) is 0 Å². The van der Waals surface area contributed by atoms with Gasteiger partial charge in [-0.05, 0) is 18.2 Å². The zero-order chi connectivity index (χ0) is 8.67. The van der Waals surface area contributed by atoms with Crippen LogP contribution in [0.5, 0.6) is 11.5 Å². The number of rotatable bonds is 0. The molecule has 0 radical (unpaired) electrons. The van der Waals surface area contributed by atoms with Crippen molar-refractivity contribution in [2.75, 3.05) is 0 Å². The lowest BCUT2D eigenvalue weighted by atomic mass is 10.2. The molecule has 0 bridgehead atoms. The Morgan fingerprint density at radius 3 is 2.85 bits per heavy atom. The Balaban J connectivity index is 2.49. The number of benzene rings is 1. The molecule has 0 spiro atoms. The van der Waals surface area contributed by atoms with Gasteiger partial charge in [-0.3, -0.25) is 4.98 Å². The first-order chi connectivity index (χ1) is 6.45. The summed E-state index contributed by atoms with van der Waals surface area (Å²) in [6.45, 7) is 0. The predicted molar refractivity (Wildman–Crippen MR) is 51.3 cm³/mol. The normalized spacial score (nSPS) is 15.4. The molecule has 2 heterocycles. The van der Waals surface area contributed by atoms with Gasteiger partial charge in [0, 0.05) is 6.20 Å². The van der Waals surface area contributed by atoms with Crippen molar-refractivity contribution in [3.8, 4) is 11.5 Å². The average molecular weight is 191 g/mol. The summed E-state index contributed by atoms with van der Waals surface area (Å²) in [7, 11) is 0.0561. The zero-order valence-electron chi connectivity index (χ0n) is 6.65. The van der Waals surface area contributed by atoms with Crippen molar-refractivity contribution in [1.82, 2.24) is 4.98 Å². The predicted octanol–water partition coefficient (Wildman–Crippen LogP) is 2.51. The molecule has 1 aromatic carbocycles. The van der Waals surface area contributed by atoms with Gasteiger partial charge in [0.2, 0.25) is 0 Å². The van der Waals surface area contributed by atoms with Crippen LogP contribution in [0, 0.1) is 0 Å². The van der Waals surface area contributed by atoms with Crippen molar-refractivity contribution in [3.05, 3.63) is 30.5 Å². The van der Waals surface area contributed by atoms with Crippen molar-refractivity contribution in [1.29, 1.82) is 0 Å². The Bertz CT molecular complexity index is 433. The molecule has 4 heteroatoms. The average Bonchev–Trinajstić information content (AvgIpc) is 2.19. The highest BCUT2D eigenvalue weighted by Crippen LogP contribution is 2.41. The fourth-order valence-corrected chi connectivity index (χ4v) is 1.99. The van der Waals surface area contributed by atoms with Crippen molar-refractivity contribution in [3.63, 3.8) is 0 Å². The molecule has 1 atom stereocenters. The Morgan fingerprint density at radius 2 is 1.92 bits per heavy atom. The quantitative estimate of drug-likeness (QED) is 0.599. The van der Waals surface area contributed by atoms with Crippen molar-refractivity contribution >= 4 is 19.9 Å². The topological polar surface area (TPSA) is 31.4 Å². The number of aromatic nitrogens is 1. The smallest absolute Gasteiger partial charge is 0.275 e. The maximum atomic E-state index is 5.36. The van der Waals surface area contributed by atoms with Gasteiger partial charge >= 0.3 is 0 Å². The van der Waals surface area contributed by atoms with Gasteiger partial charge < -0.3 is 9.05 Å². The van der Waals surface area contributed by atoms with Gasteiger partial charge in [-0.2, -0.15) is 0 Å². The fraction of sp³-hybridized carbons (Fsp3) is 0. The largest absolute Gasteiger partial charge is 0.440 e. The summed E-state index contributed by atoms with van der Waals surface area (Å²) in [4.78, 5) is 4.23. The molecule has 0 saturated heterocycles. The summed E-state index contributed by atoms with van der Waals surface area (Å²) < 4.78 is 10.7. The van der Waals surface area contributed by atoms with Crippen LogP contribution < -0.4 is 9.05 Å². The van der Waals surface area contributed by atoms with E-state index in [0.717, 1.165) is 22.4 Å². The van der Waals surface area contributed by atoms with Gasteiger partial charge in [-0.25, -0.2) is 0 Å². The Morgan fingerprint density at radius 1 is 1.08 bits per heavy atom. The summed E-state index contributed by atoms with van der Waals surface area (Å²) in [6.07, 6.45) is 1.75. The van der Waals surface area contributed by atoms with Crippen LogP contribution in [0.1, 0.15) is 0 Å². The lowest BCUT2D eigenvalue weighted by Crippen LogP contribution is -1.94. The standard InChI is InChI=1S/C9H6NO2P/c1-2-6-9-7(3-1)11-13-12-8(9)4-5-10-6/h1-5,13H. The minimum Gasteiger partial charge on any atom is -0.440 e. The molecule has 2 aromatic rings. The highest BCUT2D eigenvalue weighted by Gasteiger charge is 2.14. The molecule has 1 aromatic heterocycles. The van der Waals surface area contributed by atoms with E-state index in [4.69, 9.17) is 9.05 Å². The van der Waals surface area contributed by atoms with E-state index in [0.29, 0.717) is 0 Å². The van der Waals surface area contributed by atoms with E-state index in [1.807, 2.05) is 24.3 Å². The molecular weight excluding hydrogens is 185 g/mol. The van der Waals surface area contributed by atoms with E-state index < -0.39 is 0 Å². The first kappa shape index (κ1) is 7.10. The Kier molecular flexibility index (Phi) is 1.41. The third-order valence-corrected chi connectivity index (χ3v) is 2.60. The van der Waals surface area contributed by atoms with E-state index in [9.17, 15) is 0 Å². The van der Waals surface area contributed by atoms with Gasteiger partial charge in [0.15, 0.2) is 0 Å². The molecule has 3 rings (SSSR count). The molecule has 1 aliphatic heterocycles. The molecule has 0 N–H and O–H groups in total. The fourth-order valence-electron chi connectivity index (χ4n) is 1.42. The van der Waals surface area contributed by atoms with E-state index >= 15 is 0 Å². The second kappa shape index (κ2) is 2.57. The third-order valence-electron chi connectivity index (χ3n) is 1.99. The van der Waals surface area contributed by atoms with E-state index in [2.05, 4.69) is 4.98 Å². The maximum Gasteiger partial charge on any atom is 0.275 e. The van der Waals surface area contributed by atoms with Crippen LogP contribution in [0.3, 0.4) is 0 Å². The minimum absolute atomic E-state index is 0.0561. The summed E-state index contributed by atoms with van der Waals surface area (Å²) in [5, 5.41) is 0.976. The number of hydrogen-bond donors (Lipinski definition) is 0. The maximum absolute atomic E-state index is 5.36. The van der Waals surface area contributed by atoms with Crippen LogP contribution >= 0.6 is 9.03 Å². The molecular formula is C9H6NO2P. The van der Waals surface area contributed by atoms with Crippen molar-refractivity contribution in [2.24, 2.45) is 0 Å². The summed E-state index contributed by atoms with van der Waals surface area (Å²) in [6, 6.07) is 7.68. The molecule has 0 saturated carbocycles. The summed E-state index contributed by atoms with van der Waals surface area (Å²) >= 11 is 0. The van der Waals surface area contributed by atoms with Crippen molar-refractivity contribution < 1.29 is 9.05 Å². The number of nitrogens with zero attached hydrogens (tertiary/aromatic N) is 1. The van der Waals surface area contributed by atoms with Gasteiger partial charge in [0.05, 0.1) is 10.9 Å². The first-order valence-corrected chi connectivity index (χ1v) is 4.73. The molecule has 3 nitrogen and oxygen atoms in total. The van der Waals surface area contributed by atoms with Gasteiger partial charge in [0.25, 0.3) is 9.03 Å². The van der Waals surface area contributed by atoms with Crippen LogP contribution in [0.25, 0.3) is 10.9 Å². The molecule has 0 fully saturated rings. The Hall–Kier alpha value is -1.34. The highest BCUT2D eigenvalue weighted by atomic mass is 31.1. The lowest BCUT2D eigenvalue weighted by Gasteiger charge is -2.16. The van der Waals surface area contributed by atoms with Crippen LogP contribution in [-0.2, 0) is 0 Å². The van der Waals surface area contributed by atoms with Crippen LogP contribution in [0.4, 0.5) is 0 Å². The lowest BCUT2D eigenvalue weighted by molar-refractivity contribution is 0.503. The summed E-state index contributed by atoms with van der Waals surface area (Å²) in [5.41, 5.74) is 0.916. The molecule has 1 aliphatic rings. The summed E-state index contributed by atoms with van der Waals surface area (Å²) in [5.74, 6) is 1.73. The second-order valence-corrected chi connectivity index (χ2v) is 3.32. The van der Waals surface area contributed by atoms with E-state index in [1.54, 1.807) is 6.20 Å². The third kappa shape index (κ3) is 0.973. The second-order valence-electron chi connectivity index (χ2n) is 2.75. The first-order valence-electron chi connectivity index (χ1n) is 3.91. The van der Waals surface area contributed by atoms with Gasteiger partial charge in [0.1, 0.15) is 11.5 Å². The van der Waals surface area contributed by atoms with Crippen LogP contribution in [0.2, 0.25) is 0 Å². The minimum atomic E-state index is 0.0561. The van der Waals surface area contributed by atoms with E-state index in [-0.39, 0.29) is 9.03 Å².